The topological polar surface area (TPSA) is 97.7 Å². The van der Waals surface area contributed by atoms with Crippen LogP contribution < -0.4 is 5.32 Å². The van der Waals surface area contributed by atoms with Crippen molar-refractivity contribution in [3.63, 3.8) is 0 Å². The molecule has 8 heteroatoms. The molecule has 1 saturated heterocycles. The normalized spacial score (nSPS) is 17.7. The minimum atomic E-state index is -0.458. The molecule has 0 saturated carbocycles. The first-order valence-corrected chi connectivity index (χ1v) is 7.43. The number of aryl methyl sites for hydroxylation is 1. The average Bonchev–Trinajstić information content (AvgIpc) is 3.12. The molecule has 116 valence electrons. The van der Waals surface area contributed by atoms with Gasteiger partial charge in [-0.3, -0.25) is 14.9 Å². The van der Waals surface area contributed by atoms with Gasteiger partial charge in [0.2, 0.25) is 0 Å². The highest BCUT2D eigenvalue weighted by Gasteiger charge is 2.24. The molecular weight excluding hydrogens is 318 g/mol. The fourth-order valence-electron chi connectivity index (χ4n) is 1.97. The Kier molecular flexibility index (Phi) is 3.98. The molecule has 7 nitrogen and oxygen atoms in total. The van der Waals surface area contributed by atoms with E-state index in [0.717, 1.165) is 0 Å². The van der Waals surface area contributed by atoms with Crippen LogP contribution in [0.3, 0.4) is 0 Å². The molecule has 1 aliphatic rings. The van der Waals surface area contributed by atoms with E-state index in [4.69, 9.17) is 4.42 Å². The Balaban J connectivity index is 1.84. The number of non-ortho nitro benzene ring substituents is 1. The molecule has 1 aliphatic heterocycles. The van der Waals surface area contributed by atoms with Gasteiger partial charge in [0.1, 0.15) is 5.76 Å². The Hall–Kier alpha value is -2.87. The van der Waals surface area contributed by atoms with Crippen molar-refractivity contribution in [2.75, 3.05) is 0 Å². The zero-order valence-electron chi connectivity index (χ0n) is 12.0. The van der Waals surface area contributed by atoms with Gasteiger partial charge in [0.05, 0.1) is 21.8 Å². The summed E-state index contributed by atoms with van der Waals surface area (Å²) < 4.78 is 5.18. The molecule has 3 rings (SSSR count). The van der Waals surface area contributed by atoms with Crippen LogP contribution in [0, 0.1) is 17.0 Å². The third-order valence-corrected chi connectivity index (χ3v) is 3.99. The minimum absolute atomic E-state index is 0.00737. The van der Waals surface area contributed by atoms with Crippen LogP contribution in [0.5, 0.6) is 0 Å². The number of hydrogen-bond acceptors (Lipinski definition) is 6. The first kappa shape index (κ1) is 15.0. The number of carbonyl (C=O) groups excluding carboxylic acids is 1. The van der Waals surface area contributed by atoms with E-state index in [2.05, 4.69) is 10.3 Å². The zero-order chi connectivity index (χ0) is 16.4. The number of nitrogens with zero attached hydrogens (tertiary/aromatic N) is 2. The second kappa shape index (κ2) is 6.09. The molecule has 0 unspecified atom stereocenters. The van der Waals surface area contributed by atoms with E-state index in [1.54, 1.807) is 31.2 Å². The Morgan fingerprint density at radius 1 is 1.39 bits per heavy atom. The number of amidine groups is 1. The minimum Gasteiger partial charge on any atom is -0.465 e. The van der Waals surface area contributed by atoms with Crippen molar-refractivity contribution >= 4 is 40.3 Å². The van der Waals surface area contributed by atoms with E-state index in [1.165, 1.54) is 30.2 Å². The lowest BCUT2D eigenvalue weighted by Gasteiger charge is -2.01. The van der Waals surface area contributed by atoms with Crippen LogP contribution in [0.4, 0.5) is 11.4 Å². The highest BCUT2D eigenvalue weighted by Crippen LogP contribution is 2.30. The Bertz CT molecular complexity index is 840. The SMILES string of the molecule is Cc1cc([N+](=O)[O-])ccc1N=C1NC(=O)/C(=C/c2ccco2)S1. The number of aliphatic imine (C=N–C) groups is 1. The van der Waals surface area contributed by atoms with Gasteiger partial charge in [-0.05, 0) is 42.4 Å². The summed E-state index contributed by atoms with van der Waals surface area (Å²) in [5.74, 6) is 0.320. The maximum Gasteiger partial charge on any atom is 0.269 e. The molecule has 0 aliphatic carbocycles. The average molecular weight is 329 g/mol. The fraction of sp³-hybridized carbons (Fsp3) is 0.0667. The number of benzene rings is 1. The lowest BCUT2D eigenvalue weighted by atomic mass is 10.2. The lowest BCUT2D eigenvalue weighted by molar-refractivity contribution is -0.384. The van der Waals surface area contributed by atoms with E-state index < -0.39 is 4.92 Å². The van der Waals surface area contributed by atoms with Gasteiger partial charge in [-0.15, -0.1) is 0 Å². The van der Waals surface area contributed by atoms with Crippen LogP contribution in [-0.2, 0) is 4.79 Å². The van der Waals surface area contributed by atoms with Crippen LogP contribution in [0.1, 0.15) is 11.3 Å². The van der Waals surface area contributed by atoms with Crippen LogP contribution in [0.25, 0.3) is 6.08 Å². The van der Waals surface area contributed by atoms with E-state index in [0.29, 0.717) is 27.1 Å². The third-order valence-electron chi connectivity index (χ3n) is 3.08. The summed E-state index contributed by atoms with van der Waals surface area (Å²) in [5, 5.41) is 13.8. The number of nitro groups is 1. The van der Waals surface area contributed by atoms with Gasteiger partial charge in [0, 0.05) is 18.2 Å². The predicted molar refractivity (Wildman–Crippen MR) is 87.3 cm³/mol. The lowest BCUT2D eigenvalue weighted by Crippen LogP contribution is -2.19. The van der Waals surface area contributed by atoms with Gasteiger partial charge < -0.3 is 9.73 Å². The summed E-state index contributed by atoms with van der Waals surface area (Å²) >= 11 is 1.19. The zero-order valence-corrected chi connectivity index (χ0v) is 12.8. The van der Waals surface area contributed by atoms with Crippen molar-refractivity contribution in [1.29, 1.82) is 0 Å². The van der Waals surface area contributed by atoms with Gasteiger partial charge in [0.25, 0.3) is 11.6 Å². The first-order valence-electron chi connectivity index (χ1n) is 6.61. The van der Waals surface area contributed by atoms with Crippen molar-refractivity contribution in [3.05, 3.63) is 62.9 Å². The molecule has 0 atom stereocenters. The van der Waals surface area contributed by atoms with Crippen LogP contribution in [0.15, 0.2) is 50.9 Å². The van der Waals surface area contributed by atoms with E-state index >= 15 is 0 Å². The smallest absolute Gasteiger partial charge is 0.269 e. The molecule has 0 spiro atoms. The van der Waals surface area contributed by atoms with Crippen molar-refractivity contribution in [3.8, 4) is 0 Å². The van der Waals surface area contributed by atoms with Gasteiger partial charge in [0.15, 0.2) is 5.17 Å². The molecule has 23 heavy (non-hydrogen) atoms. The number of nitro benzene ring substituents is 1. The van der Waals surface area contributed by atoms with Gasteiger partial charge in [-0.2, -0.15) is 0 Å². The molecule has 1 aromatic heterocycles. The Labute approximate surface area is 135 Å². The summed E-state index contributed by atoms with van der Waals surface area (Å²) in [6.07, 6.45) is 3.16. The number of rotatable bonds is 3. The molecule has 1 N–H and O–H groups in total. The monoisotopic (exact) mass is 329 g/mol. The number of furan rings is 1. The van der Waals surface area contributed by atoms with Gasteiger partial charge in [-0.25, -0.2) is 4.99 Å². The number of nitrogens with one attached hydrogen (secondary N) is 1. The van der Waals surface area contributed by atoms with Crippen molar-refractivity contribution < 1.29 is 14.1 Å². The summed E-state index contributed by atoms with van der Waals surface area (Å²) in [4.78, 5) is 27.0. The molecular formula is C15H11N3O4S. The van der Waals surface area contributed by atoms with Crippen LogP contribution in [-0.4, -0.2) is 16.0 Å². The van der Waals surface area contributed by atoms with Gasteiger partial charge >= 0.3 is 0 Å². The largest absolute Gasteiger partial charge is 0.465 e. The predicted octanol–water partition coefficient (Wildman–Crippen LogP) is 3.39. The number of amides is 1. The summed E-state index contributed by atoms with van der Waals surface area (Å²) in [6.45, 7) is 1.73. The van der Waals surface area contributed by atoms with Gasteiger partial charge in [-0.1, -0.05) is 0 Å². The highest BCUT2D eigenvalue weighted by molar-refractivity contribution is 8.18. The second-order valence-electron chi connectivity index (χ2n) is 4.73. The van der Waals surface area contributed by atoms with Crippen molar-refractivity contribution in [2.45, 2.75) is 6.92 Å². The number of thioether (sulfide) groups is 1. The van der Waals surface area contributed by atoms with E-state index in [9.17, 15) is 14.9 Å². The Morgan fingerprint density at radius 2 is 2.22 bits per heavy atom. The number of carbonyl (C=O) groups is 1. The highest BCUT2D eigenvalue weighted by atomic mass is 32.2. The molecule has 1 aromatic carbocycles. The maximum absolute atomic E-state index is 11.9. The molecule has 0 bridgehead atoms. The summed E-state index contributed by atoms with van der Waals surface area (Å²) in [5.41, 5.74) is 1.23. The first-order chi connectivity index (χ1) is 11.0. The summed E-state index contributed by atoms with van der Waals surface area (Å²) in [6, 6.07) is 7.87. The fourth-order valence-corrected chi connectivity index (χ4v) is 2.79. The van der Waals surface area contributed by atoms with Crippen LogP contribution >= 0.6 is 11.8 Å². The molecule has 2 aromatic rings. The maximum atomic E-state index is 11.9. The van der Waals surface area contributed by atoms with Crippen LogP contribution in [0.2, 0.25) is 0 Å². The Morgan fingerprint density at radius 3 is 2.87 bits per heavy atom. The second-order valence-corrected chi connectivity index (χ2v) is 5.76. The van der Waals surface area contributed by atoms with E-state index in [1.807, 2.05) is 0 Å². The summed E-state index contributed by atoms with van der Waals surface area (Å²) in [7, 11) is 0. The molecule has 1 fully saturated rings. The molecule has 2 heterocycles. The van der Waals surface area contributed by atoms with Crippen molar-refractivity contribution in [1.82, 2.24) is 5.32 Å². The molecule has 1 amide bonds. The molecule has 0 radical (unpaired) electrons. The number of hydrogen-bond donors (Lipinski definition) is 1. The van der Waals surface area contributed by atoms with E-state index in [-0.39, 0.29) is 11.6 Å². The third kappa shape index (κ3) is 3.32. The van der Waals surface area contributed by atoms with Crippen molar-refractivity contribution in [2.24, 2.45) is 4.99 Å². The standard InChI is InChI=1S/C15H11N3O4S/c1-9-7-10(18(20)21)4-5-12(9)16-15-17-14(19)13(23-15)8-11-3-2-6-22-11/h2-8H,1H3,(H,16,17,19)/b13-8-. The quantitative estimate of drug-likeness (QED) is 0.529.